The van der Waals surface area contributed by atoms with Gasteiger partial charge in [-0.05, 0) is 12.1 Å². The van der Waals surface area contributed by atoms with E-state index in [1.165, 1.54) is 35.5 Å². The maximum absolute atomic E-state index is 13.7. The van der Waals surface area contributed by atoms with E-state index in [-0.39, 0.29) is 28.6 Å². The van der Waals surface area contributed by atoms with Crippen molar-refractivity contribution in [3.05, 3.63) is 41.7 Å². The highest BCUT2D eigenvalue weighted by molar-refractivity contribution is 6.33. The van der Waals surface area contributed by atoms with Crippen molar-refractivity contribution in [2.75, 3.05) is 11.1 Å². The van der Waals surface area contributed by atoms with Crippen molar-refractivity contribution < 1.29 is 4.39 Å². The average molecular weight is 307 g/mol. The third-order valence-electron chi connectivity index (χ3n) is 2.46. The molecule has 2 heterocycles. The van der Waals surface area contributed by atoms with E-state index in [0.717, 1.165) is 0 Å². The quantitative estimate of drug-likeness (QED) is 0.756. The Bertz CT molecular complexity index is 756. The Morgan fingerprint density at radius 2 is 2.10 bits per heavy atom. The minimum Gasteiger partial charge on any atom is -0.368 e. The molecule has 0 aliphatic carbocycles. The molecule has 0 aliphatic rings. The van der Waals surface area contributed by atoms with Crippen LogP contribution in [0.3, 0.4) is 0 Å². The van der Waals surface area contributed by atoms with Crippen LogP contribution < -0.4 is 11.1 Å². The van der Waals surface area contributed by atoms with E-state index in [2.05, 4.69) is 30.4 Å². The van der Waals surface area contributed by atoms with Crippen LogP contribution >= 0.6 is 11.6 Å². The van der Waals surface area contributed by atoms with E-state index in [4.69, 9.17) is 17.3 Å². The summed E-state index contributed by atoms with van der Waals surface area (Å²) in [6.07, 6.45) is 2.72. The van der Waals surface area contributed by atoms with Gasteiger partial charge in [-0.3, -0.25) is 0 Å². The van der Waals surface area contributed by atoms with Crippen LogP contribution in [0.4, 0.5) is 22.0 Å². The van der Waals surface area contributed by atoms with E-state index in [0.29, 0.717) is 0 Å². The fraction of sp³-hybridized carbons (Fsp3) is 0. The SMILES string of the molecule is Nc1nc(Nc2c(F)cccc2Cl)nc(-n2cncn2)n1. The molecule has 0 amide bonds. The molecule has 0 atom stereocenters. The molecule has 3 rings (SSSR count). The van der Waals surface area contributed by atoms with E-state index in [9.17, 15) is 4.39 Å². The smallest absolute Gasteiger partial charge is 0.258 e. The number of aromatic nitrogens is 6. The molecule has 0 fully saturated rings. The number of anilines is 3. The summed E-state index contributed by atoms with van der Waals surface area (Å²) >= 11 is 5.93. The lowest BCUT2D eigenvalue weighted by Gasteiger charge is -2.09. The number of nitrogens with one attached hydrogen (secondary N) is 1. The Morgan fingerprint density at radius 1 is 1.24 bits per heavy atom. The Hall–Kier alpha value is -2.81. The Morgan fingerprint density at radius 3 is 2.81 bits per heavy atom. The summed E-state index contributed by atoms with van der Waals surface area (Å²) in [6, 6.07) is 4.29. The zero-order valence-electron chi connectivity index (χ0n) is 10.4. The standard InChI is InChI=1S/C11H8ClFN8/c12-6-2-1-3-7(13)8(6)17-10-18-9(14)19-11(20-10)21-5-15-4-16-21/h1-5H,(H3,14,17,18,19,20). The molecule has 2 aromatic heterocycles. The minimum absolute atomic E-state index is 0.0417. The van der Waals surface area contributed by atoms with Crippen LogP contribution in [0, 0.1) is 5.82 Å². The van der Waals surface area contributed by atoms with Crippen LogP contribution in [0.1, 0.15) is 0 Å². The van der Waals surface area contributed by atoms with E-state index in [1.54, 1.807) is 0 Å². The summed E-state index contributed by atoms with van der Waals surface area (Å²) in [5.74, 6) is -0.399. The van der Waals surface area contributed by atoms with Gasteiger partial charge in [-0.1, -0.05) is 17.7 Å². The maximum atomic E-state index is 13.7. The first-order valence-electron chi connectivity index (χ1n) is 5.71. The predicted octanol–water partition coefficient (Wildman–Crippen LogP) is 1.57. The molecule has 8 nitrogen and oxygen atoms in total. The first kappa shape index (κ1) is 13.2. The van der Waals surface area contributed by atoms with Crippen molar-refractivity contribution in [1.29, 1.82) is 0 Å². The van der Waals surface area contributed by atoms with Crippen molar-refractivity contribution in [1.82, 2.24) is 29.7 Å². The van der Waals surface area contributed by atoms with Gasteiger partial charge in [0.05, 0.1) is 10.7 Å². The molecule has 0 unspecified atom stereocenters. The van der Waals surface area contributed by atoms with Gasteiger partial charge in [0.1, 0.15) is 18.5 Å². The van der Waals surface area contributed by atoms with Gasteiger partial charge in [0, 0.05) is 0 Å². The highest BCUT2D eigenvalue weighted by Gasteiger charge is 2.11. The minimum atomic E-state index is -0.538. The first-order chi connectivity index (χ1) is 10.1. The van der Waals surface area contributed by atoms with Crippen LogP contribution in [0.2, 0.25) is 5.02 Å². The monoisotopic (exact) mass is 306 g/mol. The molecule has 0 saturated carbocycles. The summed E-state index contributed by atoms with van der Waals surface area (Å²) in [7, 11) is 0. The Kier molecular flexibility index (Phi) is 3.32. The predicted molar refractivity (Wildman–Crippen MR) is 73.8 cm³/mol. The van der Waals surface area contributed by atoms with E-state index in [1.807, 2.05) is 0 Å². The molecule has 0 saturated heterocycles. The summed E-state index contributed by atoms with van der Waals surface area (Å²) in [4.78, 5) is 15.6. The number of nitrogens with two attached hydrogens (primary N) is 1. The lowest BCUT2D eigenvalue weighted by molar-refractivity contribution is 0.631. The van der Waals surface area contributed by atoms with Crippen LogP contribution in [0.25, 0.3) is 5.95 Å². The van der Waals surface area contributed by atoms with E-state index < -0.39 is 5.82 Å². The fourth-order valence-corrected chi connectivity index (χ4v) is 1.79. The van der Waals surface area contributed by atoms with Gasteiger partial charge in [0.15, 0.2) is 0 Å². The van der Waals surface area contributed by atoms with Crippen LogP contribution in [0.5, 0.6) is 0 Å². The molecule has 10 heteroatoms. The number of nitrogen functional groups attached to an aromatic ring is 1. The molecule has 0 spiro atoms. The maximum Gasteiger partial charge on any atom is 0.258 e. The van der Waals surface area contributed by atoms with Crippen LogP contribution in [0.15, 0.2) is 30.9 Å². The van der Waals surface area contributed by atoms with Crippen molar-refractivity contribution >= 4 is 29.2 Å². The highest BCUT2D eigenvalue weighted by Crippen LogP contribution is 2.27. The normalized spacial score (nSPS) is 10.6. The summed E-state index contributed by atoms with van der Waals surface area (Å²) in [5, 5.41) is 6.74. The van der Waals surface area contributed by atoms with Crippen molar-refractivity contribution in [3.8, 4) is 5.95 Å². The third kappa shape index (κ3) is 2.72. The largest absolute Gasteiger partial charge is 0.368 e. The Balaban J connectivity index is 2.00. The highest BCUT2D eigenvalue weighted by atomic mass is 35.5. The van der Waals surface area contributed by atoms with Gasteiger partial charge in [0.25, 0.3) is 5.95 Å². The van der Waals surface area contributed by atoms with Crippen molar-refractivity contribution in [3.63, 3.8) is 0 Å². The van der Waals surface area contributed by atoms with Crippen LogP contribution in [-0.4, -0.2) is 29.7 Å². The second-order valence-electron chi connectivity index (χ2n) is 3.88. The summed E-state index contributed by atoms with van der Waals surface area (Å²) in [6.45, 7) is 0. The molecule has 0 bridgehead atoms. The zero-order chi connectivity index (χ0) is 14.8. The number of rotatable bonds is 3. The number of halogens is 2. The second-order valence-corrected chi connectivity index (χ2v) is 4.29. The third-order valence-corrected chi connectivity index (χ3v) is 2.78. The number of para-hydroxylation sites is 1. The van der Waals surface area contributed by atoms with Gasteiger partial charge >= 0.3 is 0 Å². The van der Waals surface area contributed by atoms with Gasteiger partial charge in [-0.2, -0.15) is 24.7 Å². The fourth-order valence-electron chi connectivity index (χ4n) is 1.58. The van der Waals surface area contributed by atoms with Gasteiger partial charge in [-0.15, -0.1) is 0 Å². The molecule has 106 valence electrons. The zero-order valence-corrected chi connectivity index (χ0v) is 11.2. The van der Waals surface area contributed by atoms with Crippen LogP contribution in [-0.2, 0) is 0 Å². The molecular formula is C11H8ClFN8. The van der Waals surface area contributed by atoms with Crippen molar-refractivity contribution in [2.24, 2.45) is 0 Å². The molecule has 1 aromatic carbocycles. The van der Waals surface area contributed by atoms with Gasteiger partial charge in [-0.25, -0.2) is 9.37 Å². The molecular weight excluding hydrogens is 299 g/mol. The molecule has 3 N–H and O–H groups in total. The first-order valence-corrected chi connectivity index (χ1v) is 6.09. The average Bonchev–Trinajstić information content (AvgIpc) is 2.97. The van der Waals surface area contributed by atoms with Crippen molar-refractivity contribution in [2.45, 2.75) is 0 Å². The summed E-state index contributed by atoms with van der Waals surface area (Å²) in [5.41, 5.74) is 5.66. The lowest BCUT2D eigenvalue weighted by Crippen LogP contribution is -2.10. The number of nitrogens with zero attached hydrogens (tertiary/aromatic N) is 6. The van der Waals surface area contributed by atoms with Gasteiger partial charge in [0.2, 0.25) is 11.9 Å². The number of hydrogen-bond acceptors (Lipinski definition) is 7. The number of hydrogen-bond donors (Lipinski definition) is 2. The second kappa shape index (κ2) is 5.29. The molecule has 0 aliphatic heterocycles. The lowest BCUT2D eigenvalue weighted by atomic mass is 10.3. The topological polar surface area (TPSA) is 107 Å². The Labute approximate surface area is 122 Å². The summed E-state index contributed by atoms with van der Waals surface area (Å²) < 4.78 is 15.0. The molecule has 0 radical (unpaired) electrons. The van der Waals surface area contributed by atoms with E-state index >= 15 is 0 Å². The van der Waals surface area contributed by atoms with Gasteiger partial charge < -0.3 is 11.1 Å². The molecule has 21 heavy (non-hydrogen) atoms. The number of benzene rings is 1. The molecule has 3 aromatic rings.